The third-order valence-corrected chi connectivity index (χ3v) is 5.37. The fourth-order valence-electron chi connectivity index (χ4n) is 3.86. The second kappa shape index (κ2) is 8.54. The van der Waals surface area contributed by atoms with Crippen LogP contribution in [0.5, 0.6) is 0 Å². The monoisotopic (exact) mass is 398 g/mol. The van der Waals surface area contributed by atoms with Gasteiger partial charge in [0.1, 0.15) is 6.54 Å². The molecule has 0 radical (unpaired) electrons. The minimum absolute atomic E-state index is 0. The van der Waals surface area contributed by atoms with Gasteiger partial charge < -0.3 is 10.6 Å². The Hall–Kier alpha value is -2.70. The molecule has 0 saturated carbocycles. The molecule has 2 N–H and O–H groups in total. The first-order chi connectivity index (χ1) is 13.2. The molecule has 6 nitrogen and oxygen atoms in total. The maximum atomic E-state index is 12.8. The van der Waals surface area contributed by atoms with Crippen molar-refractivity contribution in [3.63, 3.8) is 0 Å². The molecular weight excluding hydrogens is 376 g/mol. The first-order valence-corrected chi connectivity index (χ1v) is 9.15. The number of carbonyl (C=O) groups excluding carboxylic acids is 1. The Kier molecular flexibility index (Phi) is 6.11. The van der Waals surface area contributed by atoms with E-state index in [0.717, 1.165) is 5.39 Å². The topological polar surface area (TPSA) is 81.2 Å². The zero-order chi connectivity index (χ0) is 18.8. The number of benzene rings is 2. The summed E-state index contributed by atoms with van der Waals surface area (Å²) in [4.78, 5) is 27.2. The van der Waals surface area contributed by atoms with Crippen molar-refractivity contribution in [3.8, 4) is 0 Å². The van der Waals surface area contributed by atoms with Gasteiger partial charge >= 0.3 is 0 Å². The summed E-state index contributed by atoms with van der Waals surface area (Å²) in [5, 5.41) is 5.52. The maximum absolute atomic E-state index is 12.8. The maximum Gasteiger partial charge on any atom is 0.275 e. The van der Waals surface area contributed by atoms with Gasteiger partial charge in [-0.3, -0.25) is 9.59 Å². The Morgan fingerprint density at radius 2 is 1.79 bits per heavy atom. The van der Waals surface area contributed by atoms with Crippen LogP contribution < -0.4 is 11.3 Å². The number of aromatic nitrogens is 2. The number of carbonyl (C=O) groups is 1. The molecule has 0 unspecified atom stereocenters. The molecule has 3 aromatic rings. The second-order valence-corrected chi connectivity index (χ2v) is 7.01. The lowest BCUT2D eigenvalue weighted by atomic mass is 9.89. The van der Waals surface area contributed by atoms with Crippen molar-refractivity contribution in [2.75, 3.05) is 19.6 Å². The lowest BCUT2D eigenvalue weighted by Gasteiger charge is -2.17. The standard InChI is InChI=1S/C21H22N4O2.ClH/c22-10-17-12-24(13-19(17)15-6-2-1-3-7-15)20(26)14-25-21(27)18-9-5-4-8-16(18)11-23-25;/h1-9,11,17,19H,10,12-14,22H2;1H/t17-,19+;/m1./s1. The van der Waals surface area contributed by atoms with Crippen LogP contribution in [0.1, 0.15) is 11.5 Å². The van der Waals surface area contributed by atoms with Gasteiger partial charge in [0.15, 0.2) is 0 Å². The van der Waals surface area contributed by atoms with E-state index >= 15 is 0 Å². The van der Waals surface area contributed by atoms with E-state index in [1.807, 2.05) is 36.4 Å². The lowest BCUT2D eigenvalue weighted by molar-refractivity contribution is -0.131. The zero-order valence-corrected chi connectivity index (χ0v) is 16.2. The molecule has 2 heterocycles. The summed E-state index contributed by atoms with van der Waals surface area (Å²) < 4.78 is 1.25. The summed E-state index contributed by atoms with van der Waals surface area (Å²) in [6.07, 6.45) is 1.63. The molecule has 7 heteroatoms. The van der Waals surface area contributed by atoms with Crippen molar-refractivity contribution in [2.24, 2.45) is 11.7 Å². The highest BCUT2D eigenvalue weighted by molar-refractivity contribution is 5.85. The Balaban J connectivity index is 0.00000225. The number of hydrogen-bond donors (Lipinski definition) is 1. The van der Waals surface area contributed by atoms with Crippen LogP contribution in [0.3, 0.4) is 0 Å². The third-order valence-electron chi connectivity index (χ3n) is 5.37. The molecule has 2 atom stereocenters. The molecule has 0 spiro atoms. The predicted molar refractivity (Wildman–Crippen MR) is 112 cm³/mol. The molecule has 28 heavy (non-hydrogen) atoms. The first-order valence-electron chi connectivity index (χ1n) is 9.15. The zero-order valence-electron chi connectivity index (χ0n) is 15.4. The van der Waals surface area contributed by atoms with Crippen molar-refractivity contribution in [2.45, 2.75) is 12.5 Å². The molecule has 1 saturated heterocycles. The number of fused-ring (bicyclic) bond motifs is 1. The van der Waals surface area contributed by atoms with Gasteiger partial charge in [-0.25, -0.2) is 4.68 Å². The van der Waals surface area contributed by atoms with Crippen LogP contribution in [-0.4, -0.2) is 40.2 Å². The van der Waals surface area contributed by atoms with E-state index in [0.29, 0.717) is 25.0 Å². The summed E-state index contributed by atoms with van der Waals surface area (Å²) in [5.41, 5.74) is 6.92. The molecule has 1 aliphatic rings. The van der Waals surface area contributed by atoms with Crippen LogP contribution in [0, 0.1) is 5.92 Å². The smallest absolute Gasteiger partial charge is 0.275 e. The van der Waals surface area contributed by atoms with Gasteiger partial charge in [0, 0.05) is 24.4 Å². The molecule has 1 fully saturated rings. The van der Waals surface area contributed by atoms with Gasteiger partial charge in [-0.2, -0.15) is 5.10 Å². The fraction of sp³-hybridized carbons (Fsp3) is 0.286. The van der Waals surface area contributed by atoms with E-state index in [1.54, 1.807) is 17.2 Å². The predicted octanol–water partition coefficient (Wildman–Crippen LogP) is 2.02. The van der Waals surface area contributed by atoms with Crippen molar-refractivity contribution < 1.29 is 4.79 Å². The van der Waals surface area contributed by atoms with Crippen molar-refractivity contribution >= 4 is 29.1 Å². The van der Waals surface area contributed by atoms with Crippen LogP contribution in [0.2, 0.25) is 0 Å². The molecular formula is C21H23ClN4O2. The highest BCUT2D eigenvalue weighted by atomic mass is 35.5. The van der Waals surface area contributed by atoms with E-state index in [4.69, 9.17) is 5.73 Å². The summed E-state index contributed by atoms with van der Waals surface area (Å²) in [5.74, 6) is 0.343. The van der Waals surface area contributed by atoms with Gasteiger partial charge in [-0.15, -0.1) is 12.4 Å². The molecule has 1 amide bonds. The molecule has 0 aliphatic carbocycles. The van der Waals surface area contributed by atoms with E-state index in [2.05, 4.69) is 17.2 Å². The fourth-order valence-corrected chi connectivity index (χ4v) is 3.86. The lowest BCUT2D eigenvalue weighted by Crippen LogP contribution is -2.36. The number of nitrogens with two attached hydrogens (primary N) is 1. The number of halogens is 1. The summed E-state index contributed by atoms with van der Waals surface area (Å²) in [7, 11) is 0. The molecule has 2 aromatic carbocycles. The van der Waals surface area contributed by atoms with Crippen LogP contribution in [-0.2, 0) is 11.3 Å². The van der Waals surface area contributed by atoms with Crippen LogP contribution in [0.25, 0.3) is 10.8 Å². The van der Waals surface area contributed by atoms with Crippen molar-refractivity contribution in [1.82, 2.24) is 14.7 Å². The Bertz CT molecular complexity index is 1020. The SMILES string of the molecule is Cl.NC[C@@H]1CN(C(=O)Cn2ncc3ccccc3c2=O)C[C@H]1c1ccccc1. The van der Waals surface area contributed by atoms with Crippen LogP contribution >= 0.6 is 12.4 Å². The Morgan fingerprint density at radius 1 is 1.07 bits per heavy atom. The largest absolute Gasteiger partial charge is 0.340 e. The van der Waals surface area contributed by atoms with E-state index in [1.165, 1.54) is 10.2 Å². The van der Waals surface area contributed by atoms with Gasteiger partial charge in [0.05, 0.1) is 11.6 Å². The quantitative estimate of drug-likeness (QED) is 0.729. The summed E-state index contributed by atoms with van der Waals surface area (Å²) in [6, 6.07) is 17.4. The summed E-state index contributed by atoms with van der Waals surface area (Å²) >= 11 is 0. The first kappa shape index (κ1) is 20.0. The second-order valence-electron chi connectivity index (χ2n) is 7.01. The highest BCUT2D eigenvalue weighted by Gasteiger charge is 2.35. The summed E-state index contributed by atoms with van der Waals surface area (Å²) in [6.45, 7) is 1.70. The third kappa shape index (κ3) is 3.79. The molecule has 146 valence electrons. The van der Waals surface area contributed by atoms with Gasteiger partial charge in [-0.1, -0.05) is 48.5 Å². The average Bonchev–Trinajstić information content (AvgIpc) is 3.15. The number of rotatable bonds is 4. The molecule has 0 bridgehead atoms. The highest BCUT2D eigenvalue weighted by Crippen LogP contribution is 2.32. The number of hydrogen-bond acceptors (Lipinski definition) is 4. The number of amides is 1. The normalized spacial score (nSPS) is 18.8. The van der Waals surface area contributed by atoms with Gasteiger partial charge in [0.25, 0.3) is 5.56 Å². The minimum atomic E-state index is -0.240. The minimum Gasteiger partial charge on any atom is -0.340 e. The number of nitrogens with zero attached hydrogens (tertiary/aromatic N) is 3. The van der Waals surface area contributed by atoms with Gasteiger partial charge in [-0.05, 0) is 24.1 Å². The number of likely N-dealkylation sites (tertiary alicyclic amines) is 1. The molecule has 4 rings (SSSR count). The van der Waals surface area contributed by atoms with Crippen molar-refractivity contribution in [1.29, 1.82) is 0 Å². The van der Waals surface area contributed by atoms with E-state index in [-0.39, 0.29) is 42.3 Å². The van der Waals surface area contributed by atoms with Crippen molar-refractivity contribution in [3.05, 3.63) is 76.7 Å². The van der Waals surface area contributed by atoms with E-state index in [9.17, 15) is 9.59 Å². The van der Waals surface area contributed by atoms with Crippen LogP contribution in [0.15, 0.2) is 65.6 Å². The molecule has 1 aliphatic heterocycles. The van der Waals surface area contributed by atoms with Gasteiger partial charge in [0.2, 0.25) is 5.91 Å². The average molecular weight is 399 g/mol. The Labute approximate surface area is 169 Å². The van der Waals surface area contributed by atoms with Crippen LogP contribution in [0.4, 0.5) is 0 Å². The van der Waals surface area contributed by atoms with E-state index < -0.39 is 0 Å². The molecule has 1 aromatic heterocycles. The Morgan fingerprint density at radius 3 is 2.54 bits per heavy atom.